The van der Waals surface area contributed by atoms with Crippen LogP contribution in [-0.2, 0) is 29.2 Å². The van der Waals surface area contributed by atoms with Crippen LogP contribution < -0.4 is 15.9 Å². The molecule has 2 aromatic carbocycles. The number of aliphatic hydroxyl groups excluding tert-OH is 2. The molecule has 2 aromatic heterocycles. The summed E-state index contributed by atoms with van der Waals surface area (Å²) in [4.78, 5) is 46.5. The number of imidazole rings is 1. The van der Waals surface area contributed by atoms with Crippen molar-refractivity contribution in [2.75, 3.05) is 12.3 Å². The van der Waals surface area contributed by atoms with Crippen LogP contribution in [0.25, 0.3) is 22.3 Å². The predicted octanol–water partition coefficient (Wildman–Crippen LogP) is 0.155. The third kappa shape index (κ3) is 6.47. The minimum absolute atomic E-state index is 0.0163. The molecule has 1 aliphatic rings. The summed E-state index contributed by atoms with van der Waals surface area (Å²) < 4.78 is 39.4. The van der Waals surface area contributed by atoms with E-state index in [9.17, 15) is 29.0 Å². The van der Waals surface area contributed by atoms with Gasteiger partial charge in [0.2, 0.25) is 11.7 Å². The van der Waals surface area contributed by atoms with E-state index in [0.29, 0.717) is 0 Å². The number of rotatable bonds is 9. The minimum atomic E-state index is -5.37. The predicted molar refractivity (Wildman–Crippen MR) is 141 cm³/mol. The molecule has 0 amide bonds. The van der Waals surface area contributed by atoms with E-state index in [2.05, 4.69) is 18.8 Å². The summed E-state index contributed by atoms with van der Waals surface area (Å²) in [5, 5.41) is 21.2. The smallest absolute Gasteiger partial charge is 0.387 e. The van der Waals surface area contributed by atoms with Crippen LogP contribution in [-0.4, -0.2) is 64.3 Å². The largest absolute Gasteiger partial charge is 0.481 e. The van der Waals surface area contributed by atoms with Gasteiger partial charge in [0.1, 0.15) is 18.3 Å². The Balaban J connectivity index is 1.42. The molecule has 5 rings (SSSR count). The van der Waals surface area contributed by atoms with Crippen molar-refractivity contribution in [3.63, 3.8) is 0 Å². The van der Waals surface area contributed by atoms with Crippen molar-refractivity contribution in [3.8, 4) is 11.1 Å². The fourth-order valence-electron chi connectivity index (χ4n) is 4.53. The molecule has 0 radical (unpaired) electrons. The van der Waals surface area contributed by atoms with E-state index in [4.69, 9.17) is 20.3 Å². The second-order valence-electron chi connectivity index (χ2n) is 9.22. The molecule has 0 bridgehead atoms. The number of phosphoric acid groups is 2. The maximum atomic E-state index is 12.9. The van der Waals surface area contributed by atoms with Crippen molar-refractivity contribution in [1.29, 1.82) is 0 Å². The molecule has 0 aliphatic carbocycles. The highest BCUT2D eigenvalue weighted by molar-refractivity contribution is 7.60. The number of ether oxygens (including phenoxy) is 1. The Kier molecular flexibility index (Phi) is 7.98. The first kappa shape index (κ1) is 29.2. The average molecular weight is 610 g/mol. The highest BCUT2D eigenvalue weighted by atomic mass is 31.3. The quantitative estimate of drug-likeness (QED) is 0.0987. The molecular weight excluding hydrogens is 584 g/mol. The molecule has 41 heavy (non-hydrogen) atoms. The Bertz CT molecular complexity index is 1710. The maximum absolute atomic E-state index is 12.9. The standard InChI is InChI=1S/C23H25N5O11P2/c24-23-25-20-17(21(31)26-23)27(10-13-6-8-15(9-7-13)14-4-2-1-3-5-14)12-28(20)22-19(30)18(29)16(38-22)11-37-41(35,36)39-40(32,33)34/h1-9,12,16,18-19,22,29-30H,10-11H2,(H5-,24,25,26,31,32,33,34,35,36)/p+1/t16-,18-,19-,22-/m1/s1. The summed E-state index contributed by atoms with van der Waals surface area (Å²) >= 11 is 0. The third-order valence-electron chi connectivity index (χ3n) is 6.33. The zero-order valence-corrected chi connectivity index (χ0v) is 22.8. The molecule has 218 valence electrons. The third-order valence-corrected chi connectivity index (χ3v) is 8.48. The number of anilines is 1. The molecule has 3 heterocycles. The van der Waals surface area contributed by atoms with Gasteiger partial charge in [0, 0.05) is 0 Å². The Morgan fingerprint density at radius 2 is 1.68 bits per heavy atom. The van der Waals surface area contributed by atoms with Crippen LogP contribution in [0.15, 0.2) is 65.7 Å². The highest BCUT2D eigenvalue weighted by Crippen LogP contribution is 2.57. The summed E-state index contributed by atoms with van der Waals surface area (Å²) in [6, 6.07) is 17.4. The second-order valence-corrected chi connectivity index (χ2v) is 12.0. The van der Waals surface area contributed by atoms with Crippen molar-refractivity contribution in [2.45, 2.75) is 31.1 Å². The van der Waals surface area contributed by atoms with Gasteiger partial charge in [-0.1, -0.05) is 59.6 Å². The first-order valence-electron chi connectivity index (χ1n) is 12.0. The number of fused-ring (bicyclic) bond motifs is 1. The molecule has 18 heteroatoms. The van der Waals surface area contributed by atoms with Gasteiger partial charge in [-0.25, -0.2) is 13.7 Å². The molecule has 1 unspecified atom stereocenters. The minimum Gasteiger partial charge on any atom is -0.387 e. The Hall–Kier alpha value is -3.27. The van der Waals surface area contributed by atoms with Crippen molar-refractivity contribution in [3.05, 3.63) is 76.8 Å². The lowest BCUT2D eigenvalue weighted by molar-refractivity contribution is -0.745. The summed E-state index contributed by atoms with van der Waals surface area (Å²) in [5.74, 6) is -0.218. The van der Waals surface area contributed by atoms with Gasteiger partial charge in [-0.05, 0) is 16.7 Å². The number of benzene rings is 2. The monoisotopic (exact) mass is 610 g/mol. The number of hydrogen-bond acceptors (Lipinski definition) is 10. The Morgan fingerprint density at radius 3 is 2.34 bits per heavy atom. The molecule has 0 saturated carbocycles. The molecular formula is C23H26N5O11P2+. The topological polar surface area (TPSA) is 244 Å². The molecule has 0 spiro atoms. The number of aromatic amines is 1. The van der Waals surface area contributed by atoms with Crippen molar-refractivity contribution >= 4 is 32.8 Å². The number of aromatic nitrogens is 4. The average Bonchev–Trinajstić information content (AvgIpc) is 3.39. The molecule has 1 fully saturated rings. The maximum Gasteiger partial charge on any atom is 0.481 e. The number of nitrogens with zero attached hydrogens (tertiary/aromatic N) is 3. The fraction of sp³-hybridized carbons (Fsp3) is 0.261. The summed E-state index contributed by atoms with van der Waals surface area (Å²) in [7, 11) is -10.6. The van der Waals surface area contributed by atoms with E-state index in [-0.39, 0.29) is 23.7 Å². The summed E-state index contributed by atoms with van der Waals surface area (Å²) in [5.41, 5.74) is 8.16. The molecule has 8 N–H and O–H groups in total. The molecule has 4 aromatic rings. The van der Waals surface area contributed by atoms with E-state index >= 15 is 0 Å². The van der Waals surface area contributed by atoms with Gasteiger partial charge in [-0.2, -0.15) is 4.31 Å². The Labute approximate surface area is 231 Å². The number of hydrogen-bond donors (Lipinski definition) is 7. The second kappa shape index (κ2) is 11.2. The van der Waals surface area contributed by atoms with Crippen LogP contribution in [0.1, 0.15) is 11.8 Å². The van der Waals surface area contributed by atoms with Crippen LogP contribution in [0.5, 0.6) is 0 Å². The molecule has 1 saturated heterocycles. The highest BCUT2D eigenvalue weighted by Gasteiger charge is 2.48. The Morgan fingerprint density at radius 1 is 1.02 bits per heavy atom. The van der Waals surface area contributed by atoms with Crippen LogP contribution in [0.4, 0.5) is 5.95 Å². The van der Waals surface area contributed by atoms with Crippen molar-refractivity contribution in [1.82, 2.24) is 14.5 Å². The molecule has 1 aliphatic heterocycles. The number of aliphatic hydroxyl groups is 2. The summed E-state index contributed by atoms with van der Waals surface area (Å²) in [6.07, 6.45) is -4.68. The van der Waals surface area contributed by atoms with Gasteiger partial charge < -0.3 is 35.4 Å². The SMILES string of the molecule is Nc1nc2c(c(=O)[nH]1)n(Cc1ccc(-c3ccccc3)cc1)c[n+]2[C@@H]1O[C@H](COP(=O)(O)OP(=O)(O)O)[C@@H](O)[C@H]1O. The zero-order chi connectivity index (χ0) is 29.5. The van der Waals surface area contributed by atoms with E-state index in [1.54, 1.807) is 4.57 Å². The van der Waals surface area contributed by atoms with E-state index < -0.39 is 52.4 Å². The van der Waals surface area contributed by atoms with Gasteiger partial charge in [0.15, 0.2) is 6.33 Å². The van der Waals surface area contributed by atoms with Crippen molar-refractivity contribution < 1.29 is 52.2 Å². The molecule has 16 nitrogen and oxygen atoms in total. The van der Waals surface area contributed by atoms with E-state index in [1.807, 2.05) is 54.6 Å². The van der Waals surface area contributed by atoms with E-state index in [1.165, 1.54) is 10.9 Å². The fourth-order valence-corrected chi connectivity index (χ4v) is 6.13. The zero-order valence-electron chi connectivity index (χ0n) is 21.0. The van der Waals surface area contributed by atoms with Gasteiger partial charge >= 0.3 is 21.3 Å². The lowest BCUT2D eigenvalue weighted by atomic mass is 10.0. The lowest BCUT2D eigenvalue weighted by Crippen LogP contribution is -2.46. The normalized spacial score (nSPS) is 22.7. The van der Waals surface area contributed by atoms with Crippen LogP contribution in [0, 0.1) is 0 Å². The van der Waals surface area contributed by atoms with Gasteiger partial charge in [0.05, 0.1) is 13.2 Å². The number of phosphoric ester groups is 1. The summed E-state index contributed by atoms with van der Waals surface area (Å²) in [6.45, 7) is -0.676. The van der Waals surface area contributed by atoms with Crippen LogP contribution in [0.2, 0.25) is 0 Å². The van der Waals surface area contributed by atoms with Crippen molar-refractivity contribution in [2.24, 2.45) is 0 Å². The van der Waals surface area contributed by atoms with Gasteiger partial charge in [-0.3, -0.25) is 18.9 Å². The number of nitrogens with one attached hydrogen (secondary N) is 1. The lowest BCUT2D eigenvalue weighted by Gasteiger charge is -2.17. The number of nitrogens with two attached hydrogens (primary N) is 1. The first-order valence-corrected chi connectivity index (χ1v) is 15.0. The number of nitrogen functional groups attached to an aromatic ring is 1. The number of H-pyrrole nitrogens is 1. The van der Waals surface area contributed by atoms with Crippen LogP contribution in [0.3, 0.4) is 0 Å². The van der Waals surface area contributed by atoms with Gasteiger partial charge in [-0.15, -0.1) is 0 Å². The van der Waals surface area contributed by atoms with Crippen LogP contribution >= 0.6 is 15.6 Å². The first-order chi connectivity index (χ1) is 19.3. The van der Waals surface area contributed by atoms with Gasteiger partial charge in [0.25, 0.3) is 11.5 Å². The van der Waals surface area contributed by atoms with E-state index in [0.717, 1.165) is 16.7 Å². The molecule has 5 atom stereocenters.